The number of nitrogens with one attached hydrogen (secondary N) is 1. The van der Waals surface area contributed by atoms with Crippen molar-refractivity contribution in [1.29, 1.82) is 0 Å². The van der Waals surface area contributed by atoms with Crippen molar-refractivity contribution < 1.29 is 18.0 Å². The lowest BCUT2D eigenvalue weighted by Crippen LogP contribution is -2.29. The maximum atomic E-state index is 12.7. The van der Waals surface area contributed by atoms with Gasteiger partial charge in [0.1, 0.15) is 0 Å². The molecule has 2 atom stereocenters. The maximum absolute atomic E-state index is 12.7. The van der Waals surface area contributed by atoms with Crippen LogP contribution in [0.1, 0.15) is 27.4 Å². The van der Waals surface area contributed by atoms with Crippen molar-refractivity contribution >= 4 is 5.91 Å². The Balaban J connectivity index is 1.71. The van der Waals surface area contributed by atoms with E-state index in [0.29, 0.717) is 29.5 Å². The first-order valence-electron chi connectivity index (χ1n) is 8.61. The average molecular weight is 360 g/mol. The van der Waals surface area contributed by atoms with Gasteiger partial charge in [0.15, 0.2) is 0 Å². The fraction of sp³-hybridized carbons (Fsp3) is 0.350. The van der Waals surface area contributed by atoms with Crippen molar-refractivity contribution in [3.8, 4) is 11.1 Å². The van der Waals surface area contributed by atoms with Crippen LogP contribution in [0.5, 0.6) is 0 Å². The van der Waals surface area contributed by atoms with Crippen molar-refractivity contribution in [2.24, 2.45) is 5.92 Å². The zero-order valence-electron chi connectivity index (χ0n) is 14.3. The Kier molecular flexibility index (Phi) is 4.03. The molecule has 0 saturated carbocycles. The van der Waals surface area contributed by atoms with Crippen LogP contribution in [0.4, 0.5) is 13.2 Å². The van der Waals surface area contributed by atoms with Gasteiger partial charge in [-0.25, -0.2) is 0 Å². The monoisotopic (exact) mass is 360 g/mol. The largest absolute Gasteiger partial charge is 0.416 e. The first kappa shape index (κ1) is 17.1. The fourth-order valence-corrected chi connectivity index (χ4v) is 4.07. The molecule has 2 heterocycles. The van der Waals surface area contributed by atoms with Crippen molar-refractivity contribution in [2.45, 2.75) is 12.1 Å². The molecule has 0 radical (unpaired) electrons. The van der Waals surface area contributed by atoms with E-state index in [-0.39, 0.29) is 5.91 Å². The number of carbonyl (C=O) groups excluding carboxylic acids is 1. The topological polar surface area (TPSA) is 32.3 Å². The molecule has 2 aromatic carbocycles. The van der Waals surface area contributed by atoms with Gasteiger partial charge in [-0.15, -0.1) is 0 Å². The maximum Gasteiger partial charge on any atom is 0.416 e. The van der Waals surface area contributed by atoms with E-state index in [2.05, 4.69) is 17.3 Å². The summed E-state index contributed by atoms with van der Waals surface area (Å²) in [5.74, 6) is 0.587. The van der Waals surface area contributed by atoms with Crippen molar-refractivity contribution in [3.05, 3.63) is 59.2 Å². The zero-order chi connectivity index (χ0) is 18.5. The number of alkyl halides is 3. The Morgan fingerprint density at radius 3 is 2.42 bits per heavy atom. The molecule has 6 heteroatoms. The summed E-state index contributed by atoms with van der Waals surface area (Å²) in [5, 5.41) is 2.99. The Labute approximate surface area is 149 Å². The first-order chi connectivity index (χ1) is 12.3. The third-order valence-electron chi connectivity index (χ3n) is 5.39. The van der Waals surface area contributed by atoms with Gasteiger partial charge in [-0.3, -0.25) is 4.79 Å². The standard InChI is InChI=1S/C20H19F3N2O/c1-25-10-14-9-24-19(26)17-8-13(4-7-16(17)18(14)11-25)12-2-5-15(6-3-12)20(21,22)23/h2-8,14,18H,9-11H2,1H3,(H,24,26)/t14-,18-/m1/s1. The fourth-order valence-electron chi connectivity index (χ4n) is 4.07. The van der Waals surface area contributed by atoms with Crippen molar-refractivity contribution in [3.63, 3.8) is 0 Å². The number of hydrogen-bond acceptors (Lipinski definition) is 2. The van der Waals surface area contributed by atoms with Gasteiger partial charge in [0, 0.05) is 31.1 Å². The normalized spacial score (nSPS) is 23.2. The van der Waals surface area contributed by atoms with Crippen LogP contribution in [0.15, 0.2) is 42.5 Å². The summed E-state index contributed by atoms with van der Waals surface area (Å²) in [4.78, 5) is 14.8. The van der Waals surface area contributed by atoms with Crippen LogP contribution in [0, 0.1) is 5.92 Å². The van der Waals surface area contributed by atoms with Crippen LogP contribution in [0.2, 0.25) is 0 Å². The minimum atomic E-state index is -4.35. The van der Waals surface area contributed by atoms with Crippen LogP contribution in [-0.4, -0.2) is 37.5 Å². The van der Waals surface area contributed by atoms with Crippen LogP contribution in [0.3, 0.4) is 0 Å². The SMILES string of the molecule is CN1C[C@H]2CNC(=O)c3cc(-c4ccc(C(F)(F)F)cc4)ccc3[C@@H]2C1. The molecule has 1 N–H and O–H groups in total. The Morgan fingerprint density at radius 2 is 1.73 bits per heavy atom. The highest BCUT2D eigenvalue weighted by molar-refractivity contribution is 5.97. The number of fused-ring (bicyclic) bond motifs is 3. The highest BCUT2D eigenvalue weighted by Crippen LogP contribution is 2.37. The number of likely N-dealkylation sites (N-methyl/N-ethyl adjacent to an activating group) is 1. The molecule has 2 aliphatic heterocycles. The third-order valence-corrected chi connectivity index (χ3v) is 5.39. The molecule has 0 bridgehead atoms. The average Bonchev–Trinajstić information content (AvgIpc) is 2.93. The van der Waals surface area contributed by atoms with E-state index in [1.54, 1.807) is 6.07 Å². The van der Waals surface area contributed by atoms with Gasteiger partial charge >= 0.3 is 6.18 Å². The van der Waals surface area contributed by atoms with Crippen LogP contribution >= 0.6 is 0 Å². The summed E-state index contributed by atoms with van der Waals surface area (Å²) >= 11 is 0. The van der Waals surface area contributed by atoms with Gasteiger partial charge < -0.3 is 10.2 Å². The van der Waals surface area contributed by atoms with Gasteiger partial charge in [-0.2, -0.15) is 13.2 Å². The molecule has 3 nitrogen and oxygen atoms in total. The molecule has 4 rings (SSSR count). The number of rotatable bonds is 1. The predicted octanol–water partition coefficient (Wildman–Crippen LogP) is 3.76. The summed E-state index contributed by atoms with van der Waals surface area (Å²) in [6.45, 7) is 2.51. The molecule has 2 aromatic rings. The molecule has 1 amide bonds. The molecule has 26 heavy (non-hydrogen) atoms. The Bertz CT molecular complexity index is 845. The van der Waals surface area contributed by atoms with Gasteiger partial charge in [0.05, 0.1) is 5.56 Å². The quantitative estimate of drug-likeness (QED) is 0.840. The number of likely N-dealkylation sites (tertiary alicyclic amines) is 1. The van der Waals surface area contributed by atoms with E-state index in [0.717, 1.165) is 36.3 Å². The molecule has 0 spiro atoms. The van der Waals surface area contributed by atoms with Crippen molar-refractivity contribution in [1.82, 2.24) is 10.2 Å². The van der Waals surface area contributed by atoms with E-state index < -0.39 is 11.7 Å². The predicted molar refractivity (Wildman–Crippen MR) is 92.9 cm³/mol. The Hall–Kier alpha value is -2.34. The van der Waals surface area contributed by atoms with E-state index >= 15 is 0 Å². The molecule has 136 valence electrons. The molecule has 0 aliphatic carbocycles. The summed E-state index contributed by atoms with van der Waals surface area (Å²) in [7, 11) is 2.08. The summed E-state index contributed by atoms with van der Waals surface area (Å²) < 4.78 is 38.2. The van der Waals surface area contributed by atoms with E-state index in [4.69, 9.17) is 0 Å². The van der Waals surface area contributed by atoms with Crippen LogP contribution in [0.25, 0.3) is 11.1 Å². The molecular formula is C20H19F3N2O. The number of halogens is 3. The van der Waals surface area contributed by atoms with E-state index in [1.807, 2.05) is 12.1 Å². The minimum absolute atomic E-state index is 0.106. The highest BCUT2D eigenvalue weighted by Gasteiger charge is 2.36. The molecule has 0 aromatic heterocycles. The number of benzene rings is 2. The summed E-state index contributed by atoms with van der Waals surface area (Å²) in [6, 6.07) is 10.7. The Morgan fingerprint density at radius 1 is 1.04 bits per heavy atom. The van der Waals surface area contributed by atoms with Crippen molar-refractivity contribution in [2.75, 3.05) is 26.7 Å². The lowest BCUT2D eigenvalue weighted by molar-refractivity contribution is -0.137. The minimum Gasteiger partial charge on any atom is -0.352 e. The molecule has 1 saturated heterocycles. The van der Waals surface area contributed by atoms with E-state index in [9.17, 15) is 18.0 Å². The van der Waals surface area contributed by atoms with Crippen LogP contribution in [-0.2, 0) is 6.18 Å². The van der Waals surface area contributed by atoms with Gasteiger partial charge in [-0.05, 0) is 47.9 Å². The molecule has 0 unspecified atom stereocenters. The van der Waals surface area contributed by atoms with Crippen LogP contribution < -0.4 is 5.32 Å². The lowest BCUT2D eigenvalue weighted by atomic mass is 9.86. The number of nitrogens with zero attached hydrogens (tertiary/aromatic N) is 1. The lowest BCUT2D eigenvalue weighted by Gasteiger charge is -2.17. The summed E-state index contributed by atoms with van der Waals surface area (Å²) in [6.07, 6.45) is -4.35. The second-order valence-electron chi connectivity index (χ2n) is 7.17. The van der Waals surface area contributed by atoms with E-state index in [1.165, 1.54) is 12.1 Å². The first-order valence-corrected chi connectivity index (χ1v) is 8.61. The highest BCUT2D eigenvalue weighted by atomic mass is 19.4. The van der Waals surface area contributed by atoms with Gasteiger partial charge in [0.2, 0.25) is 0 Å². The second-order valence-corrected chi connectivity index (χ2v) is 7.17. The zero-order valence-corrected chi connectivity index (χ0v) is 14.3. The number of amides is 1. The second kappa shape index (κ2) is 6.13. The molecular weight excluding hydrogens is 341 g/mol. The molecule has 2 aliphatic rings. The smallest absolute Gasteiger partial charge is 0.352 e. The molecule has 1 fully saturated rings. The summed E-state index contributed by atoms with van der Waals surface area (Å²) in [5.41, 5.74) is 2.40. The number of carbonyl (C=O) groups is 1. The van der Waals surface area contributed by atoms with Gasteiger partial charge in [-0.1, -0.05) is 24.3 Å². The third kappa shape index (κ3) is 2.98. The number of hydrogen-bond donors (Lipinski definition) is 1. The van der Waals surface area contributed by atoms with Gasteiger partial charge in [0.25, 0.3) is 5.91 Å².